The van der Waals surface area contributed by atoms with Gasteiger partial charge in [0.05, 0.1) is 17.0 Å². The summed E-state index contributed by atoms with van der Waals surface area (Å²) in [5, 5.41) is 0.620. The lowest BCUT2D eigenvalue weighted by atomic mass is 10.1. The van der Waals surface area contributed by atoms with Crippen LogP contribution in [0.4, 0.5) is 5.69 Å². The molecule has 1 aliphatic heterocycles. The van der Waals surface area contributed by atoms with Crippen LogP contribution < -0.4 is 4.31 Å². The van der Waals surface area contributed by atoms with E-state index in [-0.39, 0.29) is 5.75 Å². The summed E-state index contributed by atoms with van der Waals surface area (Å²) in [5.41, 5.74) is 1.79. The fraction of sp³-hybridized carbons (Fsp3) is 0.278. The second-order valence-electron chi connectivity index (χ2n) is 5.89. The van der Waals surface area contributed by atoms with Gasteiger partial charge in [-0.05, 0) is 55.3 Å². The number of anilines is 1. The maximum Gasteiger partial charge on any atom is 0.338 e. The molecular weight excluding hydrogens is 362 g/mol. The second-order valence-corrected chi connectivity index (χ2v) is 8.34. The van der Waals surface area contributed by atoms with Gasteiger partial charge in [0.1, 0.15) is 6.10 Å². The minimum absolute atomic E-state index is 0.162. The number of carbonyl (C=O) groups excluding carboxylic acids is 1. The minimum atomic E-state index is -3.23. The summed E-state index contributed by atoms with van der Waals surface area (Å²) in [4.78, 5) is 12.3. The topological polar surface area (TPSA) is 63.7 Å². The Morgan fingerprint density at radius 1 is 1.12 bits per heavy atom. The Hall–Kier alpha value is -2.05. The summed E-state index contributed by atoms with van der Waals surface area (Å²) in [6, 6.07) is 13.5. The fourth-order valence-electron chi connectivity index (χ4n) is 2.72. The fourth-order valence-corrected chi connectivity index (χ4v) is 4.41. The molecule has 0 aromatic heterocycles. The first-order valence-corrected chi connectivity index (χ1v) is 9.92. The van der Waals surface area contributed by atoms with Gasteiger partial charge in [0.25, 0.3) is 0 Å². The van der Waals surface area contributed by atoms with Crippen molar-refractivity contribution in [1.29, 1.82) is 0 Å². The molecule has 2 aromatic rings. The van der Waals surface area contributed by atoms with E-state index in [1.54, 1.807) is 43.3 Å². The first kappa shape index (κ1) is 17.8. The Kier molecular flexibility index (Phi) is 5.01. The van der Waals surface area contributed by atoms with Crippen molar-refractivity contribution < 1.29 is 17.9 Å². The van der Waals surface area contributed by atoms with Crippen molar-refractivity contribution in [3.05, 3.63) is 64.7 Å². The Morgan fingerprint density at radius 2 is 1.76 bits per heavy atom. The molecule has 1 atom stereocenters. The van der Waals surface area contributed by atoms with Crippen LogP contribution in [0, 0.1) is 0 Å². The molecule has 132 valence electrons. The number of carbonyl (C=O) groups is 1. The first-order valence-electron chi connectivity index (χ1n) is 7.94. The van der Waals surface area contributed by atoms with Crippen molar-refractivity contribution in [2.45, 2.75) is 19.4 Å². The average Bonchev–Trinajstić information content (AvgIpc) is 2.94. The number of nitrogens with zero attached hydrogens (tertiary/aromatic N) is 1. The van der Waals surface area contributed by atoms with Crippen LogP contribution in [0.2, 0.25) is 5.02 Å². The third kappa shape index (κ3) is 3.96. The highest BCUT2D eigenvalue weighted by Crippen LogP contribution is 2.25. The van der Waals surface area contributed by atoms with Crippen LogP contribution in [0.3, 0.4) is 0 Å². The van der Waals surface area contributed by atoms with Gasteiger partial charge in [0.2, 0.25) is 10.0 Å². The van der Waals surface area contributed by atoms with Gasteiger partial charge in [0, 0.05) is 11.6 Å². The molecule has 0 amide bonds. The maximum absolute atomic E-state index is 12.3. The van der Waals surface area contributed by atoms with E-state index < -0.39 is 22.1 Å². The molecule has 0 bridgehead atoms. The standard InChI is InChI=1S/C18H18ClNO4S/c1-13(14-3-7-16(19)8-4-14)24-18(21)15-5-9-17(10-6-15)20-11-2-12-25(20,22)23/h3-10,13H,2,11-12H2,1H3. The summed E-state index contributed by atoms with van der Waals surface area (Å²) < 4.78 is 30.7. The molecule has 1 fully saturated rings. The van der Waals surface area contributed by atoms with Gasteiger partial charge >= 0.3 is 5.97 Å². The van der Waals surface area contributed by atoms with Gasteiger partial charge in [-0.25, -0.2) is 13.2 Å². The normalized spacial score (nSPS) is 17.3. The molecule has 7 heteroatoms. The molecule has 1 saturated heterocycles. The molecular formula is C18H18ClNO4S. The van der Waals surface area contributed by atoms with Crippen molar-refractivity contribution >= 4 is 33.3 Å². The number of benzene rings is 2. The number of rotatable bonds is 4. The lowest BCUT2D eigenvalue weighted by Gasteiger charge is -2.17. The summed E-state index contributed by atoms with van der Waals surface area (Å²) in [6.07, 6.45) is 0.202. The van der Waals surface area contributed by atoms with Gasteiger partial charge in [0.15, 0.2) is 0 Å². The first-order chi connectivity index (χ1) is 11.9. The van der Waals surface area contributed by atoms with Crippen LogP contribution >= 0.6 is 11.6 Å². The number of hydrogen-bond acceptors (Lipinski definition) is 4. The molecule has 0 aliphatic carbocycles. The number of ether oxygens (including phenoxy) is 1. The van der Waals surface area contributed by atoms with Crippen molar-refractivity contribution in [3.63, 3.8) is 0 Å². The van der Waals surface area contributed by atoms with E-state index in [0.29, 0.717) is 29.2 Å². The summed E-state index contributed by atoms with van der Waals surface area (Å²) in [7, 11) is -3.23. The van der Waals surface area contributed by atoms with E-state index in [4.69, 9.17) is 16.3 Å². The summed E-state index contributed by atoms with van der Waals surface area (Å²) in [5.74, 6) is -0.298. The van der Waals surface area contributed by atoms with E-state index in [0.717, 1.165) is 5.56 Å². The number of sulfonamides is 1. The molecule has 0 spiro atoms. The highest BCUT2D eigenvalue weighted by atomic mass is 35.5. The lowest BCUT2D eigenvalue weighted by Crippen LogP contribution is -2.25. The van der Waals surface area contributed by atoms with Crippen LogP contribution in [0.1, 0.15) is 35.4 Å². The molecule has 0 saturated carbocycles. The highest BCUT2D eigenvalue weighted by molar-refractivity contribution is 7.93. The predicted molar refractivity (Wildman–Crippen MR) is 97.5 cm³/mol. The molecule has 25 heavy (non-hydrogen) atoms. The molecule has 1 unspecified atom stereocenters. The van der Waals surface area contributed by atoms with E-state index in [1.807, 2.05) is 12.1 Å². The Balaban J connectivity index is 1.69. The van der Waals surface area contributed by atoms with Crippen molar-refractivity contribution in [1.82, 2.24) is 0 Å². The van der Waals surface area contributed by atoms with E-state index >= 15 is 0 Å². The summed E-state index contributed by atoms with van der Waals surface area (Å²) in [6.45, 7) is 2.26. The SMILES string of the molecule is CC(OC(=O)c1ccc(N2CCCS2(=O)=O)cc1)c1ccc(Cl)cc1. The average molecular weight is 380 g/mol. The maximum atomic E-state index is 12.3. The van der Waals surface area contributed by atoms with Gasteiger partial charge in [-0.15, -0.1) is 0 Å². The molecule has 1 heterocycles. The van der Waals surface area contributed by atoms with Crippen LogP contribution in [-0.2, 0) is 14.8 Å². The van der Waals surface area contributed by atoms with Gasteiger partial charge in [-0.3, -0.25) is 4.31 Å². The summed E-state index contributed by atoms with van der Waals surface area (Å²) >= 11 is 5.85. The van der Waals surface area contributed by atoms with Crippen LogP contribution in [0.15, 0.2) is 48.5 Å². The van der Waals surface area contributed by atoms with Crippen LogP contribution in [0.5, 0.6) is 0 Å². The van der Waals surface area contributed by atoms with Crippen molar-refractivity contribution in [2.24, 2.45) is 0 Å². The monoisotopic (exact) mass is 379 g/mol. The highest BCUT2D eigenvalue weighted by Gasteiger charge is 2.28. The Labute approximate surface area is 152 Å². The quantitative estimate of drug-likeness (QED) is 0.758. The zero-order valence-corrected chi connectivity index (χ0v) is 15.3. The second kappa shape index (κ2) is 7.06. The third-order valence-corrected chi connectivity index (χ3v) is 6.24. The van der Waals surface area contributed by atoms with Crippen LogP contribution in [-0.4, -0.2) is 26.7 Å². The zero-order chi connectivity index (χ0) is 18.0. The predicted octanol–water partition coefficient (Wildman–Crippen LogP) is 3.80. The molecule has 3 rings (SSSR count). The minimum Gasteiger partial charge on any atom is -0.454 e. The van der Waals surface area contributed by atoms with Gasteiger partial charge < -0.3 is 4.74 Å². The molecule has 2 aromatic carbocycles. The van der Waals surface area contributed by atoms with E-state index in [9.17, 15) is 13.2 Å². The van der Waals surface area contributed by atoms with E-state index in [2.05, 4.69) is 0 Å². The molecule has 0 radical (unpaired) electrons. The smallest absolute Gasteiger partial charge is 0.338 e. The zero-order valence-electron chi connectivity index (χ0n) is 13.7. The van der Waals surface area contributed by atoms with Crippen LogP contribution in [0.25, 0.3) is 0 Å². The van der Waals surface area contributed by atoms with Crippen molar-refractivity contribution in [2.75, 3.05) is 16.6 Å². The Bertz CT molecular complexity index is 863. The Morgan fingerprint density at radius 3 is 2.32 bits per heavy atom. The molecule has 1 aliphatic rings. The van der Waals surface area contributed by atoms with Gasteiger partial charge in [-0.2, -0.15) is 0 Å². The number of hydrogen-bond donors (Lipinski definition) is 0. The lowest BCUT2D eigenvalue weighted by molar-refractivity contribution is 0.0338. The number of halogens is 1. The molecule has 0 N–H and O–H groups in total. The molecule has 5 nitrogen and oxygen atoms in total. The largest absolute Gasteiger partial charge is 0.454 e. The number of esters is 1. The van der Waals surface area contributed by atoms with Gasteiger partial charge in [-0.1, -0.05) is 23.7 Å². The third-order valence-electron chi connectivity index (χ3n) is 4.11. The van der Waals surface area contributed by atoms with Crippen molar-refractivity contribution in [3.8, 4) is 0 Å². The van der Waals surface area contributed by atoms with E-state index in [1.165, 1.54) is 4.31 Å².